The van der Waals surface area contributed by atoms with Crippen LogP contribution in [0.2, 0.25) is 0 Å². The number of carbonyl (C=O) groups excluding carboxylic acids is 3. The van der Waals surface area contributed by atoms with Gasteiger partial charge in [0.25, 0.3) is 0 Å². The molecule has 188 valence electrons. The summed E-state index contributed by atoms with van der Waals surface area (Å²) in [5, 5.41) is 0. The van der Waals surface area contributed by atoms with Crippen molar-refractivity contribution in [1.29, 1.82) is 0 Å². The van der Waals surface area contributed by atoms with Crippen LogP contribution in [0.3, 0.4) is 0 Å². The number of benzene rings is 1. The van der Waals surface area contributed by atoms with Crippen LogP contribution < -0.4 is 4.74 Å². The summed E-state index contributed by atoms with van der Waals surface area (Å²) < 4.78 is 15.6. The minimum Gasteiger partial charge on any atom is -0.463 e. The van der Waals surface area contributed by atoms with Gasteiger partial charge in [0.2, 0.25) is 0 Å². The van der Waals surface area contributed by atoms with E-state index < -0.39 is 23.3 Å². The van der Waals surface area contributed by atoms with Crippen LogP contribution >= 0.6 is 0 Å². The highest BCUT2D eigenvalue weighted by Gasteiger charge is 2.51. The van der Waals surface area contributed by atoms with Gasteiger partial charge in [-0.15, -0.1) is 0 Å². The SMILES string of the molecule is C=C(CC1(CC(=C)C(=O)OCC)C(=O)Oc2ccc(C(C)(C)C)cc21)C(=O)OCC.CC(C)C. The standard InChI is InChI=1S/C24H30O6.C4H10/c1-8-28-20(25)15(3)13-24(14-16(4)21(26)29-9-2)18-12-17(23(5,6)7)10-11-19(18)30-22(24)27;1-4(2)3/h10-12H,3-4,8-9,13-14H2,1-2,5-7H3;4H,1-3H3. The van der Waals surface area contributed by atoms with Gasteiger partial charge in [-0.05, 0) is 49.7 Å². The number of hydrogen-bond donors (Lipinski definition) is 0. The summed E-state index contributed by atoms with van der Waals surface area (Å²) >= 11 is 0. The van der Waals surface area contributed by atoms with Gasteiger partial charge in [-0.2, -0.15) is 0 Å². The molecule has 6 heteroatoms. The number of fused-ring (bicyclic) bond motifs is 1. The lowest BCUT2D eigenvalue weighted by molar-refractivity contribution is -0.140. The second-order valence-corrected chi connectivity index (χ2v) is 10.2. The third-order valence-corrected chi connectivity index (χ3v) is 5.11. The van der Waals surface area contributed by atoms with Gasteiger partial charge in [0.05, 0.1) is 13.2 Å². The Bertz CT molecular complexity index is 898. The number of rotatable bonds is 8. The van der Waals surface area contributed by atoms with Crippen LogP contribution in [0.15, 0.2) is 42.5 Å². The van der Waals surface area contributed by atoms with Crippen LogP contribution in [-0.2, 0) is 34.7 Å². The molecule has 0 aliphatic carbocycles. The van der Waals surface area contributed by atoms with Crippen molar-refractivity contribution in [3.05, 3.63) is 53.6 Å². The first kappa shape index (κ1) is 29.1. The highest BCUT2D eigenvalue weighted by Crippen LogP contribution is 2.48. The second kappa shape index (κ2) is 12.0. The Kier molecular flexibility index (Phi) is 10.3. The fourth-order valence-electron chi connectivity index (χ4n) is 3.50. The molecule has 2 rings (SSSR count). The molecule has 1 heterocycles. The van der Waals surface area contributed by atoms with E-state index in [2.05, 4.69) is 54.7 Å². The zero-order valence-electron chi connectivity index (χ0n) is 22.0. The third-order valence-electron chi connectivity index (χ3n) is 5.11. The molecule has 0 amide bonds. The maximum atomic E-state index is 13.1. The summed E-state index contributed by atoms with van der Waals surface area (Å²) in [6, 6.07) is 5.55. The van der Waals surface area contributed by atoms with Crippen molar-refractivity contribution in [2.24, 2.45) is 5.92 Å². The average molecular weight is 473 g/mol. The summed E-state index contributed by atoms with van der Waals surface area (Å²) in [5.41, 5.74) is 0.356. The van der Waals surface area contributed by atoms with Gasteiger partial charge < -0.3 is 14.2 Å². The molecule has 0 fully saturated rings. The summed E-state index contributed by atoms with van der Waals surface area (Å²) in [5.74, 6) is -0.500. The normalized spacial score (nSPS) is 13.9. The molecular weight excluding hydrogens is 432 g/mol. The van der Waals surface area contributed by atoms with Crippen LogP contribution in [0.5, 0.6) is 5.75 Å². The minimum absolute atomic E-state index is 0.0519. The molecule has 0 bridgehead atoms. The van der Waals surface area contributed by atoms with E-state index in [1.807, 2.05) is 12.1 Å². The lowest BCUT2D eigenvalue weighted by Crippen LogP contribution is -2.37. The molecule has 0 saturated carbocycles. The first-order valence-corrected chi connectivity index (χ1v) is 11.8. The van der Waals surface area contributed by atoms with Crippen LogP contribution in [0.25, 0.3) is 0 Å². The Morgan fingerprint density at radius 1 is 0.971 bits per heavy atom. The zero-order chi connectivity index (χ0) is 26.3. The zero-order valence-corrected chi connectivity index (χ0v) is 22.0. The fourth-order valence-corrected chi connectivity index (χ4v) is 3.50. The van der Waals surface area contributed by atoms with Gasteiger partial charge in [0.1, 0.15) is 11.2 Å². The Balaban J connectivity index is 0.00000133. The molecule has 0 radical (unpaired) electrons. The van der Waals surface area contributed by atoms with Crippen molar-refractivity contribution >= 4 is 17.9 Å². The van der Waals surface area contributed by atoms with E-state index in [1.54, 1.807) is 19.9 Å². The first-order chi connectivity index (χ1) is 15.7. The molecule has 1 aliphatic rings. The first-order valence-electron chi connectivity index (χ1n) is 11.8. The van der Waals surface area contributed by atoms with E-state index >= 15 is 0 Å². The van der Waals surface area contributed by atoms with Crippen molar-refractivity contribution in [3.8, 4) is 5.75 Å². The van der Waals surface area contributed by atoms with Crippen LogP contribution in [0, 0.1) is 5.92 Å². The van der Waals surface area contributed by atoms with Gasteiger partial charge in [0.15, 0.2) is 0 Å². The molecule has 0 aromatic heterocycles. The summed E-state index contributed by atoms with van der Waals surface area (Å²) in [7, 11) is 0. The molecule has 1 aliphatic heterocycles. The summed E-state index contributed by atoms with van der Waals surface area (Å²) in [4.78, 5) is 37.6. The second-order valence-electron chi connectivity index (χ2n) is 10.2. The molecule has 0 atom stereocenters. The van der Waals surface area contributed by atoms with Gasteiger partial charge in [-0.3, -0.25) is 4.79 Å². The maximum absolute atomic E-state index is 13.1. The monoisotopic (exact) mass is 472 g/mol. The van der Waals surface area contributed by atoms with E-state index in [0.717, 1.165) is 11.5 Å². The lowest BCUT2D eigenvalue weighted by atomic mass is 9.71. The smallest absolute Gasteiger partial charge is 0.333 e. The highest BCUT2D eigenvalue weighted by atomic mass is 16.5. The van der Waals surface area contributed by atoms with Crippen LogP contribution in [0.4, 0.5) is 0 Å². The Hall–Kier alpha value is -2.89. The van der Waals surface area contributed by atoms with E-state index in [4.69, 9.17) is 14.2 Å². The number of hydrogen-bond acceptors (Lipinski definition) is 6. The van der Waals surface area contributed by atoms with E-state index in [9.17, 15) is 14.4 Å². The fraction of sp³-hybridized carbons (Fsp3) is 0.536. The van der Waals surface area contributed by atoms with E-state index in [0.29, 0.717) is 11.3 Å². The molecule has 0 unspecified atom stereocenters. The summed E-state index contributed by atoms with van der Waals surface area (Å²) in [6.07, 6.45) is -0.104. The van der Waals surface area contributed by atoms with Crippen LogP contribution in [-0.4, -0.2) is 31.1 Å². The number of esters is 3. The van der Waals surface area contributed by atoms with Crippen molar-refractivity contribution in [2.45, 2.75) is 79.1 Å². The molecular formula is C28H40O6. The van der Waals surface area contributed by atoms with Gasteiger partial charge in [-0.25, -0.2) is 9.59 Å². The van der Waals surface area contributed by atoms with Gasteiger partial charge >= 0.3 is 17.9 Å². The largest absolute Gasteiger partial charge is 0.463 e. The molecule has 0 spiro atoms. The van der Waals surface area contributed by atoms with Gasteiger partial charge in [-0.1, -0.05) is 66.8 Å². The predicted molar refractivity (Wildman–Crippen MR) is 134 cm³/mol. The van der Waals surface area contributed by atoms with E-state index in [-0.39, 0.29) is 42.6 Å². The maximum Gasteiger partial charge on any atom is 0.333 e. The highest BCUT2D eigenvalue weighted by molar-refractivity contribution is 5.97. The third kappa shape index (κ3) is 7.31. The Morgan fingerprint density at radius 2 is 1.41 bits per heavy atom. The van der Waals surface area contributed by atoms with Crippen LogP contribution in [0.1, 0.15) is 79.4 Å². The molecule has 34 heavy (non-hydrogen) atoms. The molecule has 1 aromatic rings. The van der Waals surface area contributed by atoms with Crippen molar-refractivity contribution in [1.82, 2.24) is 0 Å². The lowest BCUT2D eigenvalue weighted by Gasteiger charge is -2.28. The predicted octanol–water partition coefficient (Wildman–Crippen LogP) is 5.82. The Morgan fingerprint density at radius 3 is 1.79 bits per heavy atom. The topological polar surface area (TPSA) is 78.9 Å². The summed E-state index contributed by atoms with van der Waals surface area (Å²) in [6.45, 7) is 24.1. The number of carbonyl (C=O) groups is 3. The molecule has 1 aromatic carbocycles. The Labute approximate surface area is 204 Å². The molecule has 0 saturated heterocycles. The van der Waals surface area contributed by atoms with Crippen molar-refractivity contribution in [3.63, 3.8) is 0 Å². The van der Waals surface area contributed by atoms with Crippen molar-refractivity contribution < 1.29 is 28.6 Å². The quantitative estimate of drug-likeness (QED) is 0.269. The molecule has 0 N–H and O–H groups in total. The minimum atomic E-state index is -1.32. The van der Waals surface area contributed by atoms with Crippen molar-refractivity contribution in [2.75, 3.05) is 13.2 Å². The average Bonchev–Trinajstić information content (AvgIpc) is 2.97. The number of ether oxygens (including phenoxy) is 3. The van der Waals surface area contributed by atoms with E-state index in [1.165, 1.54) is 0 Å². The molecule has 6 nitrogen and oxygen atoms in total. The van der Waals surface area contributed by atoms with Gasteiger partial charge in [0, 0.05) is 16.7 Å².